The van der Waals surface area contributed by atoms with E-state index in [0.717, 1.165) is 14.1 Å². The van der Waals surface area contributed by atoms with Crippen LogP contribution in [0.2, 0.25) is 0 Å². The van der Waals surface area contributed by atoms with E-state index < -0.39 is 0 Å². The second kappa shape index (κ2) is 6.37. The summed E-state index contributed by atoms with van der Waals surface area (Å²) in [5.41, 5.74) is 4.62. The maximum Gasteiger partial charge on any atom is 0.280 e. The molecule has 4 rings (SSSR count). The number of nitrogens with one attached hydrogen (secondary N) is 1. The van der Waals surface area contributed by atoms with Crippen molar-refractivity contribution < 1.29 is 0 Å². The average molecular weight is 445 g/mol. The van der Waals surface area contributed by atoms with E-state index in [4.69, 9.17) is 4.98 Å². The molecule has 0 spiro atoms. The molecule has 0 aliphatic heterocycles. The number of hydrogen-bond acceptors (Lipinski definition) is 4. The number of rotatable bonds is 3. The average Bonchev–Trinajstić information content (AvgIpc) is 3.13. The summed E-state index contributed by atoms with van der Waals surface area (Å²) in [5.74, 6) is 0.618. The van der Waals surface area contributed by atoms with Gasteiger partial charge >= 0.3 is 0 Å². The van der Waals surface area contributed by atoms with Gasteiger partial charge in [-0.3, -0.25) is 10.2 Å². The lowest BCUT2D eigenvalue weighted by Gasteiger charge is -2.14. The van der Waals surface area contributed by atoms with Crippen molar-refractivity contribution >= 4 is 50.5 Å². The molecule has 0 aliphatic rings. The Morgan fingerprint density at radius 3 is 2.62 bits per heavy atom. The molecule has 2 aromatic heterocycles. The standard InChI is InChI=1S/C18H12IN3OS/c19-12-8-9-15-14(11-12)18(23)22(21-13-5-2-1-3-6-13)17(20-15)16-7-4-10-24-16/h1-11,21H. The van der Waals surface area contributed by atoms with Crippen molar-refractivity contribution in [2.75, 3.05) is 5.43 Å². The third-order valence-electron chi connectivity index (χ3n) is 3.59. The minimum atomic E-state index is -0.106. The molecular weight excluding hydrogens is 433 g/mol. The van der Waals surface area contributed by atoms with Crippen molar-refractivity contribution in [3.63, 3.8) is 0 Å². The van der Waals surface area contributed by atoms with E-state index in [1.807, 2.05) is 66.0 Å². The van der Waals surface area contributed by atoms with E-state index >= 15 is 0 Å². The molecule has 0 unspecified atom stereocenters. The van der Waals surface area contributed by atoms with Gasteiger partial charge in [-0.2, -0.15) is 4.68 Å². The molecule has 6 heteroatoms. The van der Waals surface area contributed by atoms with Crippen LogP contribution < -0.4 is 11.0 Å². The first-order valence-corrected chi connectivity index (χ1v) is 9.26. The van der Waals surface area contributed by atoms with Gasteiger partial charge in [0.2, 0.25) is 0 Å². The van der Waals surface area contributed by atoms with Crippen LogP contribution in [0.3, 0.4) is 0 Å². The van der Waals surface area contributed by atoms with Gasteiger partial charge in [0.15, 0.2) is 5.82 Å². The minimum absolute atomic E-state index is 0.106. The Hall–Kier alpha value is -2.19. The number of hydrogen-bond donors (Lipinski definition) is 1. The molecular formula is C18H12IN3OS. The van der Waals surface area contributed by atoms with Crippen molar-refractivity contribution in [2.45, 2.75) is 0 Å². The Morgan fingerprint density at radius 2 is 1.88 bits per heavy atom. The van der Waals surface area contributed by atoms with Crippen molar-refractivity contribution in [1.82, 2.24) is 9.66 Å². The van der Waals surface area contributed by atoms with Gasteiger partial charge in [-0.1, -0.05) is 24.3 Å². The Labute approximate surface area is 155 Å². The van der Waals surface area contributed by atoms with Crippen LogP contribution in [0.1, 0.15) is 0 Å². The highest BCUT2D eigenvalue weighted by molar-refractivity contribution is 14.1. The van der Waals surface area contributed by atoms with Gasteiger partial charge in [0, 0.05) is 3.57 Å². The number of fused-ring (bicyclic) bond motifs is 1. The fourth-order valence-corrected chi connectivity index (χ4v) is 3.67. The second-order valence-electron chi connectivity index (χ2n) is 5.19. The quantitative estimate of drug-likeness (QED) is 0.469. The van der Waals surface area contributed by atoms with E-state index in [-0.39, 0.29) is 5.56 Å². The lowest BCUT2D eigenvalue weighted by Crippen LogP contribution is -2.29. The first kappa shape index (κ1) is 15.3. The number of nitrogens with zero attached hydrogens (tertiary/aromatic N) is 2. The van der Waals surface area contributed by atoms with Gasteiger partial charge in [-0.25, -0.2) is 4.98 Å². The van der Waals surface area contributed by atoms with E-state index in [2.05, 4.69) is 28.0 Å². The van der Waals surface area contributed by atoms with Crippen LogP contribution in [0, 0.1) is 3.57 Å². The van der Waals surface area contributed by atoms with Gasteiger partial charge in [-0.15, -0.1) is 11.3 Å². The Bertz CT molecular complexity index is 1060. The largest absolute Gasteiger partial charge is 0.290 e. The fourth-order valence-electron chi connectivity index (χ4n) is 2.47. The van der Waals surface area contributed by atoms with E-state index in [9.17, 15) is 4.79 Å². The monoisotopic (exact) mass is 445 g/mol. The van der Waals surface area contributed by atoms with E-state index in [1.54, 1.807) is 11.3 Å². The van der Waals surface area contributed by atoms with Crippen LogP contribution >= 0.6 is 33.9 Å². The third kappa shape index (κ3) is 2.83. The molecule has 0 saturated carbocycles. The molecule has 0 bridgehead atoms. The maximum atomic E-state index is 13.1. The molecule has 4 nitrogen and oxygen atoms in total. The first-order valence-electron chi connectivity index (χ1n) is 7.31. The second-order valence-corrected chi connectivity index (χ2v) is 7.39. The van der Waals surface area contributed by atoms with Gasteiger partial charge < -0.3 is 0 Å². The van der Waals surface area contributed by atoms with Crippen molar-refractivity contribution in [2.24, 2.45) is 0 Å². The molecule has 0 radical (unpaired) electrons. The molecule has 0 saturated heterocycles. The zero-order chi connectivity index (χ0) is 16.5. The Morgan fingerprint density at radius 1 is 1.04 bits per heavy atom. The van der Waals surface area contributed by atoms with Crippen LogP contribution in [0.4, 0.5) is 5.69 Å². The fraction of sp³-hybridized carbons (Fsp3) is 0. The number of halogens is 1. The van der Waals surface area contributed by atoms with Gasteiger partial charge in [0.05, 0.1) is 21.5 Å². The number of anilines is 1. The van der Waals surface area contributed by atoms with E-state index in [1.165, 1.54) is 4.68 Å². The summed E-state index contributed by atoms with van der Waals surface area (Å²) in [7, 11) is 0. The van der Waals surface area contributed by atoms with Crippen molar-refractivity contribution in [3.05, 3.63) is 80.0 Å². The number of para-hydroxylation sites is 1. The van der Waals surface area contributed by atoms with Crippen molar-refractivity contribution in [3.8, 4) is 10.7 Å². The van der Waals surface area contributed by atoms with Crippen molar-refractivity contribution in [1.29, 1.82) is 0 Å². The maximum absolute atomic E-state index is 13.1. The summed E-state index contributed by atoms with van der Waals surface area (Å²) in [5, 5.41) is 2.58. The summed E-state index contributed by atoms with van der Waals surface area (Å²) in [6, 6.07) is 19.3. The summed E-state index contributed by atoms with van der Waals surface area (Å²) < 4.78 is 2.54. The highest BCUT2D eigenvalue weighted by Crippen LogP contribution is 2.24. The predicted octanol–water partition coefficient (Wildman–Crippen LogP) is 4.60. The summed E-state index contributed by atoms with van der Waals surface area (Å²) in [4.78, 5) is 18.7. The molecule has 0 amide bonds. The number of aromatic nitrogens is 2. The molecule has 0 fully saturated rings. The van der Waals surface area contributed by atoms with Gasteiger partial charge in [-0.05, 0) is 64.4 Å². The third-order valence-corrected chi connectivity index (χ3v) is 5.12. The highest BCUT2D eigenvalue weighted by atomic mass is 127. The Balaban J connectivity index is 1.99. The minimum Gasteiger partial charge on any atom is -0.290 e. The molecule has 1 N–H and O–H groups in total. The smallest absolute Gasteiger partial charge is 0.280 e. The van der Waals surface area contributed by atoms with Crippen LogP contribution in [-0.2, 0) is 0 Å². The number of thiophene rings is 1. The zero-order valence-electron chi connectivity index (χ0n) is 12.4. The van der Waals surface area contributed by atoms with Crippen LogP contribution in [0.25, 0.3) is 21.6 Å². The molecule has 4 aromatic rings. The lowest BCUT2D eigenvalue weighted by atomic mass is 10.2. The van der Waals surface area contributed by atoms with E-state index in [0.29, 0.717) is 16.7 Å². The number of benzene rings is 2. The topological polar surface area (TPSA) is 46.9 Å². The summed E-state index contributed by atoms with van der Waals surface area (Å²) in [6.07, 6.45) is 0. The normalized spacial score (nSPS) is 10.9. The summed E-state index contributed by atoms with van der Waals surface area (Å²) in [6.45, 7) is 0. The molecule has 2 aromatic carbocycles. The molecule has 0 atom stereocenters. The van der Waals surface area contributed by atoms with Crippen LogP contribution in [-0.4, -0.2) is 9.66 Å². The molecule has 118 valence electrons. The first-order chi connectivity index (χ1) is 11.7. The molecule has 0 aliphatic carbocycles. The highest BCUT2D eigenvalue weighted by Gasteiger charge is 2.14. The molecule has 24 heavy (non-hydrogen) atoms. The van der Waals surface area contributed by atoms with Gasteiger partial charge in [0.1, 0.15) is 0 Å². The predicted molar refractivity (Wildman–Crippen MR) is 107 cm³/mol. The van der Waals surface area contributed by atoms with Gasteiger partial charge in [0.25, 0.3) is 5.56 Å². The lowest BCUT2D eigenvalue weighted by molar-refractivity contribution is 0.896. The van der Waals surface area contributed by atoms with Crippen LogP contribution in [0.15, 0.2) is 70.8 Å². The Kier molecular flexibility index (Phi) is 4.07. The SMILES string of the molecule is O=c1c2cc(I)ccc2nc(-c2cccs2)n1Nc1ccccc1. The molecule has 2 heterocycles. The summed E-state index contributed by atoms with van der Waals surface area (Å²) >= 11 is 3.76. The zero-order valence-corrected chi connectivity index (χ0v) is 15.4. The van der Waals surface area contributed by atoms with Crippen LogP contribution in [0.5, 0.6) is 0 Å².